The molecule has 2 N–H and O–H groups in total. The Balaban J connectivity index is 1.65. The number of likely N-dealkylation sites (N-methyl/N-ethyl adjacent to an activating group) is 1. The lowest BCUT2D eigenvalue weighted by Crippen LogP contribution is -2.52. The maximum atomic E-state index is 6.19. The predicted molar refractivity (Wildman–Crippen MR) is 123 cm³/mol. The van der Waals surface area contributed by atoms with Gasteiger partial charge < -0.3 is 25.0 Å². The molecule has 2 unspecified atom stereocenters. The average Bonchev–Trinajstić information content (AvgIpc) is 2.77. The van der Waals surface area contributed by atoms with Crippen LogP contribution in [-0.2, 0) is 9.47 Å². The lowest BCUT2D eigenvalue weighted by atomic mass is 9.88. The zero-order chi connectivity index (χ0) is 21.4. The fourth-order valence-electron chi connectivity index (χ4n) is 4.47. The van der Waals surface area contributed by atoms with Gasteiger partial charge in [-0.15, -0.1) is 0 Å². The van der Waals surface area contributed by atoms with Crippen LogP contribution in [0.25, 0.3) is 0 Å². The van der Waals surface area contributed by atoms with Crippen molar-refractivity contribution in [2.75, 3.05) is 53.6 Å². The minimum absolute atomic E-state index is 0.0823. The van der Waals surface area contributed by atoms with E-state index in [-0.39, 0.29) is 11.6 Å². The Morgan fingerprint density at radius 1 is 1.13 bits per heavy atom. The minimum Gasteiger partial charge on any atom is -0.381 e. The highest BCUT2D eigenvalue weighted by Gasteiger charge is 2.35. The summed E-state index contributed by atoms with van der Waals surface area (Å²) in [6.07, 6.45) is 4.48. The lowest BCUT2D eigenvalue weighted by Gasteiger charge is -2.41. The van der Waals surface area contributed by atoms with Crippen molar-refractivity contribution in [1.29, 1.82) is 0 Å². The first-order valence-corrected chi connectivity index (χ1v) is 11.5. The second-order valence-corrected chi connectivity index (χ2v) is 8.91. The molecule has 0 radical (unpaired) electrons. The molecule has 0 saturated carbocycles. The second-order valence-electron chi connectivity index (χ2n) is 8.91. The largest absolute Gasteiger partial charge is 0.381 e. The van der Waals surface area contributed by atoms with Crippen molar-refractivity contribution in [1.82, 2.24) is 15.5 Å². The summed E-state index contributed by atoms with van der Waals surface area (Å²) in [4.78, 5) is 7.31. The van der Waals surface area contributed by atoms with Gasteiger partial charge in [0.1, 0.15) is 0 Å². The maximum Gasteiger partial charge on any atom is 0.191 e. The van der Waals surface area contributed by atoms with Gasteiger partial charge in [0.05, 0.1) is 12.6 Å². The molecule has 2 aliphatic rings. The number of nitrogens with one attached hydrogen (secondary N) is 2. The number of ether oxygens (including phenoxy) is 2. The highest BCUT2D eigenvalue weighted by atomic mass is 16.5. The summed E-state index contributed by atoms with van der Waals surface area (Å²) in [5.74, 6) is 1.34. The van der Waals surface area contributed by atoms with Crippen molar-refractivity contribution in [2.24, 2.45) is 10.9 Å². The molecule has 2 saturated heterocycles. The van der Waals surface area contributed by atoms with E-state index in [4.69, 9.17) is 14.5 Å². The van der Waals surface area contributed by atoms with Gasteiger partial charge in [0.15, 0.2) is 5.96 Å². The molecule has 3 rings (SSSR count). The van der Waals surface area contributed by atoms with E-state index in [1.165, 1.54) is 17.5 Å². The van der Waals surface area contributed by atoms with Crippen LogP contribution in [0.4, 0.5) is 0 Å². The molecular formula is C24H40N4O2. The van der Waals surface area contributed by atoms with Crippen LogP contribution in [0.3, 0.4) is 0 Å². The van der Waals surface area contributed by atoms with Crippen molar-refractivity contribution < 1.29 is 9.47 Å². The molecule has 0 aliphatic carbocycles. The van der Waals surface area contributed by atoms with Crippen LogP contribution in [0.5, 0.6) is 0 Å². The van der Waals surface area contributed by atoms with Gasteiger partial charge in [0, 0.05) is 44.4 Å². The van der Waals surface area contributed by atoms with Gasteiger partial charge in [-0.25, -0.2) is 0 Å². The Kier molecular flexibility index (Phi) is 8.54. The molecular weight excluding hydrogens is 376 g/mol. The molecule has 0 spiro atoms. The highest BCUT2D eigenvalue weighted by molar-refractivity contribution is 5.79. The molecule has 0 amide bonds. The molecule has 6 nitrogen and oxygen atoms in total. The summed E-state index contributed by atoms with van der Waals surface area (Å²) in [6.45, 7) is 9.21. The second kappa shape index (κ2) is 11.1. The summed E-state index contributed by atoms with van der Waals surface area (Å²) < 4.78 is 11.8. The number of rotatable bonds is 7. The van der Waals surface area contributed by atoms with Crippen molar-refractivity contribution in [3.8, 4) is 0 Å². The highest BCUT2D eigenvalue weighted by Crippen LogP contribution is 2.33. The third kappa shape index (κ3) is 5.96. The van der Waals surface area contributed by atoms with Crippen molar-refractivity contribution in [3.63, 3.8) is 0 Å². The standard InChI is InChI=1S/C24H40N4O2/c1-5-25-23(27-18-24(28(3)4)12-15-29-16-13-24)26-17-21-7-6-14-30-22(21)20-10-8-19(2)9-11-20/h8-11,21-22H,5-7,12-18H2,1-4H3,(H2,25,26,27). The molecule has 6 heteroatoms. The Labute approximate surface area is 182 Å². The van der Waals surface area contributed by atoms with E-state index >= 15 is 0 Å². The van der Waals surface area contributed by atoms with Gasteiger partial charge in [0.2, 0.25) is 0 Å². The molecule has 1 aromatic rings. The molecule has 2 aliphatic heterocycles. The van der Waals surface area contributed by atoms with Crippen LogP contribution >= 0.6 is 0 Å². The first-order chi connectivity index (χ1) is 14.5. The molecule has 2 heterocycles. The Bertz CT molecular complexity index is 668. The van der Waals surface area contributed by atoms with Crippen molar-refractivity contribution in [2.45, 2.75) is 51.2 Å². The fourth-order valence-corrected chi connectivity index (χ4v) is 4.47. The number of aryl methyl sites for hydroxylation is 1. The van der Waals surface area contributed by atoms with Crippen molar-refractivity contribution in [3.05, 3.63) is 35.4 Å². The monoisotopic (exact) mass is 416 g/mol. The Hall–Kier alpha value is -1.63. The summed E-state index contributed by atoms with van der Waals surface area (Å²) in [7, 11) is 4.32. The molecule has 0 aromatic heterocycles. The van der Waals surface area contributed by atoms with Gasteiger partial charge in [0.25, 0.3) is 0 Å². The van der Waals surface area contributed by atoms with E-state index in [1.807, 2.05) is 0 Å². The molecule has 2 fully saturated rings. The molecule has 2 atom stereocenters. The summed E-state index contributed by atoms with van der Waals surface area (Å²) in [6, 6.07) is 8.78. The molecule has 0 bridgehead atoms. The van der Waals surface area contributed by atoms with Crippen molar-refractivity contribution >= 4 is 5.96 Å². The summed E-state index contributed by atoms with van der Waals surface area (Å²) >= 11 is 0. The number of hydrogen-bond acceptors (Lipinski definition) is 4. The first kappa shape index (κ1) is 23.0. The van der Waals surface area contributed by atoms with Gasteiger partial charge in [-0.2, -0.15) is 0 Å². The topological polar surface area (TPSA) is 58.1 Å². The normalized spacial score (nSPS) is 24.6. The predicted octanol–water partition coefficient (Wildman–Crippen LogP) is 3.13. The maximum absolute atomic E-state index is 6.19. The number of guanidine groups is 1. The van der Waals surface area contributed by atoms with Crippen LogP contribution in [0.15, 0.2) is 29.3 Å². The number of hydrogen-bond donors (Lipinski definition) is 2. The van der Waals surface area contributed by atoms with Crippen LogP contribution in [0.1, 0.15) is 49.8 Å². The van der Waals surface area contributed by atoms with E-state index in [0.717, 1.165) is 64.7 Å². The van der Waals surface area contributed by atoms with Crippen LogP contribution in [0.2, 0.25) is 0 Å². The number of aliphatic imine (C=N–C) groups is 1. The fraction of sp³-hybridized carbons (Fsp3) is 0.708. The summed E-state index contributed by atoms with van der Waals surface area (Å²) in [5.41, 5.74) is 2.65. The van der Waals surface area contributed by atoms with E-state index < -0.39 is 0 Å². The Morgan fingerprint density at radius 2 is 1.87 bits per heavy atom. The van der Waals surface area contributed by atoms with Crippen LogP contribution < -0.4 is 10.6 Å². The molecule has 168 valence electrons. The minimum atomic E-state index is 0.0823. The average molecular weight is 417 g/mol. The van der Waals surface area contributed by atoms with E-state index in [2.05, 4.69) is 67.7 Å². The SMILES string of the molecule is CCNC(=NCC1(N(C)C)CCOCC1)NCC1CCCOC1c1ccc(C)cc1. The quantitative estimate of drug-likeness (QED) is 0.528. The molecule has 1 aromatic carbocycles. The van der Waals surface area contributed by atoms with E-state index in [9.17, 15) is 0 Å². The summed E-state index contributed by atoms with van der Waals surface area (Å²) in [5, 5.41) is 7.03. The number of benzene rings is 1. The smallest absolute Gasteiger partial charge is 0.191 e. The van der Waals surface area contributed by atoms with E-state index in [0.29, 0.717) is 5.92 Å². The van der Waals surface area contributed by atoms with E-state index in [1.54, 1.807) is 0 Å². The lowest BCUT2D eigenvalue weighted by molar-refractivity contribution is -0.0265. The third-order valence-corrected chi connectivity index (χ3v) is 6.63. The van der Waals surface area contributed by atoms with Gasteiger partial charge >= 0.3 is 0 Å². The zero-order valence-corrected chi connectivity index (χ0v) is 19.2. The van der Waals surface area contributed by atoms with Gasteiger partial charge in [-0.1, -0.05) is 29.8 Å². The van der Waals surface area contributed by atoms with Crippen LogP contribution in [0, 0.1) is 12.8 Å². The third-order valence-electron chi connectivity index (χ3n) is 6.63. The zero-order valence-electron chi connectivity index (χ0n) is 19.2. The number of nitrogens with zero attached hydrogens (tertiary/aromatic N) is 2. The van der Waals surface area contributed by atoms with Crippen LogP contribution in [-0.4, -0.2) is 69.9 Å². The molecule has 30 heavy (non-hydrogen) atoms. The first-order valence-electron chi connectivity index (χ1n) is 11.5. The Morgan fingerprint density at radius 3 is 2.53 bits per heavy atom. The van der Waals surface area contributed by atoms with Gasteiger partial charge in [-0.3, -0.25) is 4.99 Å². The van der Waals surface area contributed by atoms with Gasteiger partial charge in [-0.05, 0) is 59.2 Å².